The van der Waals surface area contributed by atoms with E-state index < -0.39 is 21.7 Å². The molecule has 0 saturated carbocycles. The molecule has 178 valence electrons. The second kappa shape index (κ2) is 9.53. The van der Waals surface area contributed by atoms with Crippen LogP contribution in [0.25, 0.3) is 31.8 Å². The summed E-state index contributed by atoms with van der Waals surface area (Å²) >= 11 is 1.33. The highest BCUT2D eigenvalue weighted by atomic mass is 32.2. The Labute approximate surface area is 198 Å². The van der Waals surface area contributed by atoms with Crippen molar-refractivity contribution in [3.63, 3.8) is 0 Å². The molecule has 0 aliphatic carbocycles. The maximum atomic E-state index is 12.7. The molecule has 0 bridgehead atoms. The summed E-state index contributed by atoms with van der Waals surface area (Å²) in [7, 11) is -4.57. The lowest BCUT2D eigenvalue weighted by atomic mass is 10.1. The molecule has 0 atom stereocenters. The summed E-state index contributed by atoms with van der Waals surface area (Å²) in [6.07, 6.45) is 1.79. The third kappa shape index (κ3) is 5.27. The van der Waals surface area contributed by atoms with E-state index in [1.807, 2.05) is 25.1 Å². The number of aromatic nitrogens is 1. The van der Waals surface area contributed by atoms with Crippen molar-refractivity contribution in [2.75, 3.05) is 11.9 Å². The van der Waals surface area contributed by atoms with Crippen LogP contribution in [-0.2, 0) is 14.9 Å². The molecule has 0 saturated heterocycles. The monoisotopic (exact) mass is 502 g/mol. The van der Waals surface area contributed by atoms with Gasteiger partial charge in [0.1, 0.15) is 15.5 Å². The van der Waals surface area contributed by atoms with Crippen molar-refractivity contribution < 1.29 is 27.3 Å². The Bertz CT molecular complexity index is 1560. The van der Waals surface area contributed by atoms with Crippen molar-refractivity contribution in [1.82, 2.24) is 4.98 Å². The SMILES string of the molecule is Cc1ccc2sc(-c3cc4cc(S(=O)(=O)O)c(NCCCCCC(=O)O)cc4oc3=O)nc2c1. The third-order valence-electron chi connectivity index (χ3n) is 5.27. The molecular weight excluding hydrogens is 480 g/mol. The number of carbonyl (C=O) groups is 1. The fourth-order valence-corrected chi connectivity index (χ4v) is 5.24. The lowest BCUT2D eigenvalue weighted by Crippen LogP contribution is -2.09. The first kappa shape index (κ1) is 23.9. The van der Waals surface area contributed by atoms with Crippen LogP contribution in [0.15, 0.2) is 50.5 Å². The zero-order valence-corrected chi connectivity index (χ0v) is 19.8. The predicted molar refractivity (Wildman–Crippen MR) is 130 cm³/mol. The Morgan fingerprint density at radius 3 is 2.68 bits per heavy atom. The Balaban J connectivity index is 1.68. The molecule has 2 aromatic heterocycles. The van der Waals surface area contributed by atoms with Crippen molar-refractivity contribution in [3.05, 3.63) is 52.4 Å². The summed E-state index contributed by atoms with van der Waals surface area (Å²) in [6.45, 7) is 2.29. The van der Waals surface area contributed by atoms with E-state index >= 15 is 0 Å². The highest BCUT2D eigenvalue weighted by molar-refractivity contribution is 7.86. The van der Waals surface area contributed by atoms with Gasteiger partial charge in [-0.05, 0) is 49.6 Å². The molecule has 0 amide bonds. The number of rotatable bonds is 9. The van der Waals surface area contributed by atoms with Crippen molar-refractivity contribution in [2.45, 2.75) is 37.5 Å². The van der Waals surface area contributed by atoms with Crippen LogP contribution in [-0.4, -0.2) is 35.6 Å². The van der Waals surface area contributed by atoms with Gasteiger partial charge in [0.25, 0.3) is 10.1 Å². The van der Waals surface area contributed by atoms with Crippen molar-refractivity contribution in [1.29, 1.82) is 0 Å². The Hall–Kier alpha value is -3.28. The average Bonchev–Trinajstić information content (AvgIpc) is 3.17. The number of unbranched alkanes of at least 4 members (excludes halogenated alkanes) is 2. The number of carboxylic acids is 1. The predicted octanol–water partition coefficient (Wildman–Crippen LogP) is 4.68. The number of fused-ring (bicyclic) bond motifs is 2. The van der Waals surface area contributed by atoms with Gasteiger partial charge in [0, 0.05) is 24.4 Å². The number of nitrogens with zero attached hydrogens (tertiary/aromatic N) is 1. The molecule has 2 aromatic carbocycles. The van der Waals surface area contributed by atoms with Crippen LogP contribution in [0.1, 0.15) is 31.2 Å². The van der Waals surface area contributed by atoms with Crippen LogP contribution < -0.4 is 10.9 Å². The smallest absolute Gasteiger partial charge is 0.346 e. The van der Waals surface area contributed by atoms with E-state index in [-0.39, 0.29) is 28.2 Å². The van der Waals surface area contributed by atoms with Gasteiger partial charge in [-0.1, -0.05) is 12.5 Å². The molecule has 0 aliphatic rings. The lowest BCUT2D eigenvalue weighted by molar-refractivity contribution is -0.137. The standard InChI is InChI=1S/C23H22N2O7S2/c1-13-6-7-19-16(9-13)25-22(33-19)15-10-14-11-20(34(29,30)31)17(12-18(14)32-23(15)28)24-8-4-2-3-5-21(26)27/h6-7,9-12,24H,2-5,8H2,1H3,(H,26,27)(H,29,30,31). The van der Waals surface area contributed by atoms with E-state index in [4.69, 9.17) is 9.52 Å². The second-order valence-corrected chi connectivity index (χ2v) is 10.4. The zero-order valence-electron chi connectivity index (χ0n) is 18.2. The maximum Gasteiger partial charge on any atom is 0.346 e. The molecular formula is C23H22N2O7S2. The number of benzene rings is 2. The topological polar surface area (TPSA) is 147 Å². The van der Waals surface area contributed by atoms with Gasteiger partial charge < -0.3 is 14.8 Å². The van der Waals surface area contributed by atoms with E-state index in [0.29, 0.717) is 36.2 Å². The summed E-state index contributed by atoms with van der Waals surface area (Å²) in [5, 5.41) is 12.4. The van der Waals surface area contributed by atoms with Gasteiger partial charge in [-0.2, -0.15) is 8.42 Å². The van der Waals surface area contributed by atoms with Gasteiger partial charge in [-0.15, -0.1) is 11.3 Å². The van der Waals surface area contributed by atoms with Gasteiger partial charge in [0.05, 0.1) is 21.5 Å². The number of nitrogens with one attached hydrogen (secondary N) is 1. The fourth-order valence-electron chi connectivity index (χ4n) is 3.60. The van der Waals surface area contributed by atoms with Crippen molar-refractivity contribution in [3.8, 4) is 10.6 Å². The molecule has 0 radical (unpaired) electrons. The van der Waals surface area contributed by atoms with Crippen LogP contribution >= 0.6 is 11.3 Å². The molecule has 4 rings (SSSR count). The van der Waals surface area contributed by atoms with E-state index in [1.165, 1.54) is 29.5 Å². The molecule has 11 heteroatoms. The number of hydrogen-bond acceptors (Lipinski definition) is 8. The van der Waals surface area contributed by atoms with Crippen LogP contribution in [0.3, 0.4) is 0 Å². The first-order chi connectivity index (χ1) is 16.1. The molecule has 34 heavy (non-hydrogen) atoms. The second-order valence-electron chi connectivity index (χ2n) is 7.93. The first-order valence-corrected chi connectivity index (χ1v) is 12.8. The van der Waals surface area contributed by atoms with E-state index in [9.17, 15) is 22.6 Å². The number of aliphatic carboxylic acids is 1. The summed E-state index contributed by atoms with van der Waals surface area (Å²) in [4.78, 5) is 27.5. The minimum Gasteiger partial charge on any atom is -0.481 e. The van der Waals surface area contributed by atoms with Crippen LogP contribution in [0.4, 0.5) is 5.69 Å². The van der Waals surface area contributed by atoms with Crippen LogP contribution in [0, 0.1) is 6.92 Å². The quantitative estimate of drug-likeness (QED) is 0.169. The van der Waals surface area contributed by atoms with E-state index in [0.717, 1.165) is 15.8 Å². The highest BCUT2D eigenvalue weighted by Gasteiger charge is 2.20. The summed E-state index contributed by atoms with van der Waals surface area (Å²) < 4.78 is 40.2. The average molecular weight is 503 g/mol. The number of aryl methyl sites for hydroxylation is 1. The summed E-state index contributed by atoms with van der Waals surface area (Å²) in [5.41, 5.74) is 1.64. The van der Waals surface area contributed by atoms with Gasteiger partial charge in [-0.25, -0.2) is 9.78 Å². The molecule has 4 aromatic rings. The van der Waals surface area contributed by atoms with E-state index in [1.54, 1.807) is 0 Å². The molecule has 2 heterocycles. The largest absolute Gasteiger partial charge is 0.481 e. The minimum absolute atomic E-state index is 0.0635. The molecule has 0 aliphatic heterocycles. The minimum atomic E-state index is -4.57. The Morgan fingerprint density at radius 2 is 1.94 bits per heavy atom. The third-order valence-corrected chi connectivity index (χ3v) is 7.23. The lowest BCUT2D eigenvalue weighted by Gasteiger charge is -2.12. The number of thiazole rings is 1. The van der Waals surface area contributed by atoms with Crippen LogP contribution in [0.5, 0.6) is 0 Å². The van der Waals surface area contributed by atoms with Gasteiger partial charge in [0.2, 0.25) is 0 Å². The van der Waals surface area contributed by atoms with Gasteiger partial charge in [0.15, 0.2) is 0 Å². The number of carboxylic acid groups (broad SMARTS) is 1. The number of anilines is 1. The Morgan fingerprint density at radius 1 is 1.15 bits per heavy atom. The summed E-state index contributed by atoms with van der Waals surface area (Å²) in [6, 6.07) is 9.91. The van der Waals surface area contributed by atoms with E-state index in [2.05, 4.69) is 10.3 Å². The van der Waals surface area contributed by atoms with Crippen molar-refractivity contribution in [2.24, 2.45) is 0 Å². The number of hydrogen-bond donors (Lipinski definition) is 3. The maximum absolute atomic E-state index is 12.7. The van der Waals surface area contributed by atoms with Crippen molar-refractivity contribution >= 4 is 54.3 Å². The highest BCUT2D eigenvalue weighted by Crippen LogP contribution is 2.33. The van der Waals surface area contributed by atoms with Crippen LogP contribution in [0.2, 0.25) is 0 Å². The Kier molecular flexibility index (Phi) is 6.69. The fraction of sp³-hybridized carbons (Fsp3) is 0.261. The molecule has 0 unspecified atom stereocenters. The summed E-state index contributed by atoms with van der Waals surface area (Å²) in [5.74, 6) is -0.869. The molecule has 0 spiro atoms. The van der Waals surface area contributed by atoms with Gasteiger partial charge >= 0.3 is 11.6 Å². The first-order valence-electron chi connectivity index (χ1n) is 10.5. The molecule has 9 nitrogen and oxygen atoms in total. The van der Waals surface area contributed by atoms with Gasteiger partial charge in [-0.3, -0.25) is 9.35 Å². The molecule has 3 N–H and O–H groups in total. The zero-order chi connectivity index (χ0) is 24.5. The normalized spacial score (nSPS) is 11.8. The molecule has 0 fully saturated rings.